The van der Waals surface area contributed by atoms with Crippen molar-refractivity contribution in [2.45, 2.75) is 6.18 Å². The highest BCUT2D eigenvalue weighted by atomic mass is 19.4. The molecule has 0 aliphatic rings. The Hall–Kier alpha value is -1.59. The molecule has 0 radical (unpaired) electrons. The van der Waals surface area contributed by atoms with Crippen molar-refractivity contribution in [3.05, 3.63) is 23.9 Å². The molecule has 0 unspecified atom stereocenters. The van der Waals surface area contributed by atoms with Crippen molar-refractivity contribution in [3.63, 3.8) is 0 Å². The Morgan fingerprint density at radius 2 is 2.20 bits per heavy atom. The van der Waals surface area contributed by atoms with Crippen LogP contribution >= 0.6 is 0 Å². The van der Waals surface area contributed by atoms with E-state index in [1.165, 1.54) is 13.3 Å². The Balaban J connectivity index is 2.57. The second-order valence-electron chi connectivity index (χ2n) is 2.72. The Morgan fingerprint density at radius 1 is 1.47 bits per heavy atom. The third-order valence-electron chi connectivity index (χ3n) is 1.48. The van der Waals surface area contributed by atoms with E-state index in [4.69, 9.17) is 4.74 Å². The molecule has 1 rings (SSSR count). The fourth-order valence-corrected chi connectivity index (χ4v) is 0.843. The smallest absolute Gasteiger partial charge is 0.407 e. The first-order valence-electron chi connectivity index (χ1n) is 4.08. The minimum Gasteiger partial charge on any atom is -0.481 e. The van der Waals surface area contributed by atoms with Crippen LogP contribution in [0.4, 0.5) is 13.2 Å². The van der Waals surface area contributed by atoms with Crippen molar-refractivity contribution in [2.75, 3.05) is 13.7 Å². The topological polar surface area (TPSA) is 34.5 Å². The van der Waals surface area contributed by atoms with Crippen molar-refractivity contribution < 1.29 is 17.9 Å². The minimum atomic E-state index is -4.27. The van der Waals surface area contributed by atoms with Gasteiger partial charge in [0, 0.05) is 24.0 Å². The first kappa shape index (κ1) is 11.5. The highest BCUT2D eigenvalue weighted by Gasteiger charge is 2.25. The molecule has 0 aliphatic carbocycles. The fraction of sp³-hybridized carbons (Fsp3) is 0.333. The lowest BCUT2D eigenvalue weighted by molar-refractivity contribution is -0.118. The third-order valence-corrected chi connectivity index (χ3v) is 1.48. The molecule has 3 nitrogen and oxygen atoms in total. The molecule has 15 heavy (non-hydrogen) atoms. The summed E-state index contributed by atoms with van der Waals surface area (Å²) in [6.45, 7) is -1.18. The quantitative estimate of drug-likeness (QED) is 0.728. The lowest BCUT2D eigenvalue weighted by Crippen LogP contribution is -2.11. The minimum absolute atomic E-state index is 0.406. The number of aliphatic imine (C=N–C) groups is 1. The number of methoxy groups -OCH3 is 1. The predicted molar refractivity (Wildman–Crippen MR) is 49.3 cm³/mol. The summed E-state index contributed by atoms with van der Waals surface area (Å²) in [6, 6.07) is 3.13. The van der Waals surface area contributed by atoms with Gasteiger partial charge in [-0.25, -0.2) is 4.98 Å². The van der Waals surface area contributed by atoms with E-state index in [2.05, 4.69) is 9.98 Å². The Labute approximate surface area is 84.6 Å². The van der Waals surface area contributed by atoms with E-state index in [1.54, 1.807) is 12.1 Å². The molecule has 0 aromatic carbocycles. The first-order chi connectivity index (χ1) is 7.01. The van der Waals surface area contributed by atoms with Gasteiger partial charge >= 0.3 is 6.18 Å². The number of halogens is 3. The average Bonchev–Trinajstić information content (AvgIpc) is 2.17. The van der Waals surface area contributed by atoms with E-state index < -0.39 is 12.7 Å². The number of hydrogen-bond donors (Lipinski definition) is 0. The molecule has 0 atom stereocenters. The normalized spacial score (nSPS) is 12.0. The maximum Gasteiger partial charge on any atom is 0.407 e. The van der Waals surface area contributed by atoms with Gasteiger partial charge in [0.15, 0.2) is 0 Å². The van der Waals surface area contributed by atoms with Crippen LogP contribution in [0.3, 0.4) is 0 Å². The van der Waals surface area contributed by atoms with Crippen molar-refractivity contribution >= 4 is 6.21 Å². The monoisotopic (exact) mass is 218 g/mol. The van der Waals surface area contributed by atoms with Gasteiger partial charge in [-0.15, -0.1) is 0 Å². The van der Waals surface area contributed by atoms with E-state index in [0.29, 0.717) is 11.4 Å². The number of nitrogens with zero attached hydrogens (tertiary/aromatic N) is 2. The van der Waals surface area contributed by atoms with Gasteiger partial charge in [-0.3, -0.25) is 4.99 Å². The molecule has 0 aliphatic heterocycles. The van der Waals surface area contributed by atoms with E-state index in [-0.39, 0.29) is 0 Å². The molecular weight excluding hydrogens is 209 g/mol. The highest BCUT2D eigenvalue weighted by Crippen LogP contribution is 2.14. The van der Waals surface area contributed by atoms with Crippen LogP contribution in [-0.2, 0) is 0 Å². The summed E-state index contributed by atoms with van der Waals surface area (Å²) in [6.07, 6.45) is -1.75. The van der Waals surface area contributed by atoms with Crippen LogP contribution in [-0.4, -0.2) is 31.0 Å². The molecule has 0 N–H and O–H groups in total. The van der Waals surface area contributed by atoms with E-state index in [0.717, 1.165) is 6.21 Å². The van der Waals surface area contributed by atoms with Crippen molar-refractivity contribution in [3.8, 4) is 5.88 Å². The van der Waals surface area contributed by atoms with Gasteiger partial charge < -0.3 is 4.74 Å². The van der Waals surface area contributed by atoms with Crippen LogP contribution in [0.5, 0.6) is 5.88 Å². The SMILES string of the molecule is COc1ccc(C=NCC(F)(F)F)cn1. The van der Waals surface area contributed by atoms with Gasteiger partial charge in [0.25, 0.3) is 0 Å². The van der Waals surface area contributed by atoms with E-state index >= 15 is 0 Å². The number of alkyl halides is 3. The summed E-state index contributed by atoms with van der Waals surface area (Å²) in [5, 5.41) is 0. The van der Waals surface area contributed by atoms with Crippen LogP contribution in [0.15, 0.2) is 23.3 Å². The molecule has 82 valence electrons. The molecule has 0 saturated carbocycles. The first-order valence-corrected chi connectivity index (χ1v) is 4.08. The zero-order chi connectivity index (χ0) is 11.3. The Bertz CT molecular complexity index is 332. The van der Waals surface area contributed by atoms with Crippen LogP contribution in [0, 0.1) is 0 Å². The summed E-state index contributed by atoms with van der Waals surface area (Å²) in [5.41, 5.74) is 0.500. The summed E-state index contributed by atoms with van der Waals surface area (Å²) in [4.78, 5) is 7.06. The Morgan fingerprint density at radius 3 is 2.67 bits per heavy atom. The average molecular weight is 218 g/mol. The van der Waals surface area contributed by atoms with Gasteiger partial charge in [-0.05, 0) is 6.07 Å². The number of rotatable bonds is 3. The molecule has 0 fully saturated rings. The van der Waals surface area contributed by atoms with Gasteiger partial charge in [-0.1, -0.05) is 0 Å². The van der Waals surface area contributed by atoms with Gasteiger partial charge in [0.2, 0.25) is 5.88 Å². The van der Waals surface area contributed by atoms with Crippen LogP contribution in [0.2, 0.25) is 0 Å². The summed E-state index contributed by atoms with van der Waals surface area (Å²) < 4.78 is 40.0. The van der Waals surface area contributed by atoms with E-state index in [9.17, 15) is 13.2 Å². The molecule has 0 spiro atoms. The third kappa shape index (κ3) is 4.44. The fourth-order valence-electron chi connectivity index (χ4n) is 0.843. The second kappa shape index (κ2) is 4.77. The number of pyridine rings is 1. The summed E-state index contributed by atoms with van der Waals surface area (Å²) in [5.74, 6) is 0.406. The maximum atomic E-state index is 11.7. The summed E-state index contributed by atoms with van der Waals surface area (Å²) in [7, 11) is 1.46. The van der Waals surface area contributed by atoms with Crippen molar-refractivity contribution in [1.29, 1.82) is 0 Å². The molecule has 0 saturated heterocycles. The van der Waals surface area contributed by atoms with Gasteiger partial charge in [0.1, 0.15) is 6.54 Å². The van der Waals surface area contributed by atoms with E-state index in [1.807, 2.05) is 0 Å². The van der Waals surface area contributed by atoms with Crippen molar-refractivity contribution in [1.82, 2.24) is 4.98 Å². The number of hydrogen-bond acceptors (Lipinski definition) is 3. The largest absolute Gasteiger partial charge is 0.481 e. The molecule has 1 aromatic rings. The lowest BCUT2D eigenvalue weighted by atomic mass is 10.3. The molecule has 1 heterocycles. The predicted octanol–water partition coefficient (Wildman–Crippen LogP) is 2.07. The summed E-state index contributed by atoms with van der Waals surface area (Å²) >= 11 is 0. The molecule has 1 aromatic heterocycles. The lowest BCUT2D eigenvalue weighted by Gasteiger charge is -2.00. The molecule has 0 amide bonds. The number of aromatic nitrogens is 1. The number of ether oxygens (including phenoxy) is 1. The highest BCUT2D eigenvalue weighted by molar-refractivity contribution is 5.79. The molecule has 6 heteroatoms. The zero-order valence-electron chi connectivity index (χ0n) is 7.95. The van der Waals surface area contributed by atoms with Crippen LogP contribution in [0.1, 0.15) is 5.56 Å². The van der Waals surface area contributed by atoms with Crippen LogP contribution in [0.25, 0.3) is 0 Å². The maximum absolute atomic E-state index is 11.7. The van der Waals surface area contributed by atoms with Gasteiger partial charge in [0.05, 0.1) is 7.11 Å². The van der Waals surface area contributed by atoms with Gasteiger partial charge in [-0.2, -0.15) is 13.2 Å². The molecular formula is C9H9F3N2O. The van der Waals surface area contributed by atoms with Crippen molar-refractivity contribution in [2.24, 2.45) is 4.99 Å². The standard InChI is InChI=1S/C9H9F3N2O/c1-15-8-3-2-7(5-14-8)4-13-6-9(10,11)12/h2-5H,6H2,1H3. The second-order valence-corrected chi connectivity index (χ2v) is 2.72. The van der Waals surface area contributed by atoms with Crippen LogP contribution < -0.4 is 4.74 Å². The molecule has 0 bridgehead atoms. The Kier molecular flexibility index (Phi) is 3.65. The zero-order valence-corrected chi connectivity index (χ0v) is 7.95.